The van der Waals surface area contributed by atoms with Crippen molar-refractivity contribution in [1.82, 2.24) is 15.5 Å². The number of hydrogen-bond donors (Lipinski definition) is 2. The molecule has 0 spiro atoms. The van der Waals surface area contributed by atoms with E-state index in [1.807, 2.05) is 49.4 Å². The lowest BCUT2D eigenvalue weighted by Gasteiger charge is -2.36. The van der Waals surface area contributed by atoms with Crippen molar-refractivity contribution in [2.24, 2.45) is 0 Å². The molecule has 6 nitrogen and oxygen atoms in total. The van der Waals surface area contributed by atoms with Crippen molar-refractivity contribution >= 4 is 17.6 Å². The van der Waals surface area contributed by atoms with Crippen LogP contribution in [0.3, 0.4) is 0 Å². The molecular weight excluding hydrogens is 340 g/mol. The minimum absolute atomic E-state index is 0.0189. The first-order valence-corrected chi connectivity index (χ1v) is 9.27. The van der Waals surface area contributed by atoms with Gasteiger partial charge in [0.25, 0.3) is 0 Å². The van der Waals surface area contributed by atoms with Crippen molar-refractivity contribution in [3.63, 3.8) is 0 Å². The van der Waals surface area contributed by atoms with Gasteiger partial charge in [0, 0.05) is 38.4 Å². The Hall–Kier alpha value is -3.02. The van der Waals surface area contributed by atoms with E-state index < -0.39 is 0 Å². The minimum Gasteiger partial charge on any atom is -0.368 e. The van der Waals surface area contributed by atoms with Crippen molar-refractivity contribution in [3.8, 4) is 0 Å². The van der Waals surface area contributed by atoms with Gasteiger partial charge in [0.05, 0.1) is 6.54 Å². The summed E-state index contributed by atoms with van der Waals surface area (Å²) in [6.07, 6.45) is 0. The van der Waals surface area contributed by atoms with E-state index in [4.69, 9.17) is 0 Å². The van der Waals surface area contributed by atoms with E-state index in [9.17, 15) is 9.59 Å². The lowest BCUT2D eigenvalue weighted by molar-refractivity contribution is -0.130. The molecule has 0 aliphatic carbocycles. The Kier molecular flexibility index (Phi) is 6.30. The summed E-state index contributed by atoms with van der Waals surface area (Å²) in [6.45, 7) is 5.42. The number of benzene rings is 2. The fourth-order valence-corrected chi connectivity index (χ4v) is 3.07. The first-order chi connectivity index (χ1) is 13.1. The zero-order valence-electron chi connectivity index (χ0n) is 15.6. The third-order valence-electron chi connectivity index (χ3n) is 4.73. The van der Waals surface area contributed by atoms with Crippen molar-refractivity contribution < 1.29 is 9.59 Å². The monoisotopic (exact) mass is 366 g/mol. The van der Waals surface area contributed by atoms with E-state index in [2.05, 4.69) is 27.7 Å². The molecule has 1 fully saturated rings. The number of carbonyl (C=O) groups excluding carboxylic acids is 2. The van der Waals surface area contributed by atoms with Crippen LogP contribution in [-0.4, -0.2) is 49.6 Å². The molecule has 6 heteroatoms. The second kappa shape index (κ2) is 9.07. The number of urea groups is 1. The summed E-state index contributed by atoms with van der Waals surface area (Å²) in [4.78, 5) is 28.3. The number of aryl methyl sites for hydroxylation is 1. The predicted molar refractivity (Wildman–Crippen MR) is 107 cm³/mol. The molecular formula is C21H26N4O2. The van der Waals surface area contributed by atoms with Crippen molar-refractivity contribution in [2.45, 2.75) is 13.5 Å². The van der Waals surface area contributed by atoms with Crippen LogP contribution in [0.25, 0.3) is 0 Å². The highest BCUT2D eigenvalue weighted by atomic mass is 16.2. The van der Waals surface area contributed by atoms with Crippen molar-refractivity contribution in [3.05, 3.63) is 65.7 Å². The number of carbonyl (C=O) groups is 2. The van der Waals surface area contributed by atoms with Crippen LogP contribution in [0.1, 0.15) is 11.1 Å². The standard InChI is InChI=1S/C21H26N4O2/c1-17-7-9-18(10-8-17)15-22-21(27)23-16-20(26)25-13-11-24(12-14-25)19-5-3-2-4-6-19/h2-10H,11-16H2,1H3,(H2,22,23,27). The number of para-hydroxylation sites is 1. The van der Waals surface area contributed by atoms with Gasteiger partial charge in [-0.3, -0.25) is 4.79 Å². The molecule has 1 aliphatic rings. The molecule has 2 aromatic carbocycles. The van der Waals surface area contributed by atoms with Crippen LogP contribution in [0.15, 0.2) is 54.6 Å². The van der Waals surface area contributed by atoms with Gasteiger partial charge in [-0.25, -0.2) is 4.79 Å². The molecule has 0 aromatic heterocycles. The van der Waals surface area contributed by atoms with Crippen LogP contribution in [0.4, 0.5) is 10.5 Å². The van der Waals surface area contributed by atoms with E-state index in [1.54, 1.807) is 4.90 Å². The van der Waals surface area contributed by atoms with Crippen LogP contribution < -0.4 is 15.5 Å². The molecule has 0 unspecified atom stereocenters. The number of rotatable bonds is 5. The summed E-state index contributed by atoms with van der Waals surface area (Å²) in [6, 6.07) is 17.8. The van der Waals surface area contributed by atoms with E-state index in [0.29, 0.717) is 19.6 Å². The van der Waals surface area contributed by atoms with Crippen LogP contribution in [0, 0.1) is 6.92 Å². The molecule has 0 saturated carbocycles. The first-order valence-electron chi connectivity index (χ1n) is 9.27. The third-order valence-corrected chi connectivity index (χ3v) is 4.73. The molecule has 27 heavy (non-hydrogen) atoms. The maximum atomic E-state index is 12.3. The topological polar surface area (TPSA) is 64.7 Å². The van der Waals surface area contributed by atoms with E-state index in [0.717, 1.165) is 18.7 Å². The van der Waals surface area contributed by atoms with Crippen LogP contribution >= 0.6 is 0 Å². The third kappa shape index (κ3) is 5.48. The summed E-state index contributed by atoms with van der Waals surface area (Å²) in [5, 5.41) is 5.43. The van der Waals surface area contributed by atoms with Gasteiger partial charge in [-0.2, -0.15) is 0 Å². The molecule has 3 rings (SSSR count). The smallest absolute Gasteiger partial charge is 0.315 e. The molecule has 1 saturated heterocycles. The maximum Gasteiger partial charge on any atom is 0.315 e. The number of nitrogens with zero attached hydrogens (tertiary/aromatic N) is 2. The summed E-state index contributed by atoms with van der Waals surface area (Å²) in [7, 11) is 0. The van der Waals surface area contributed by atoms with E-state index >= 15 is 0 Å². The van der Waals surface area contributed by atoms with E-state index in [-0.39, 0.29) is 18.5 Å². The Morgan fingerprint density at radius 1 is 0.889 bits per heavy atom. The van der Waals surface area contributed by atoms with Gasteiger partial charge >= 0.3 is 6.03 Å². The van der Waals surface area contributed by atoms with Gasteiger partial charge < -0.3 is 20.4 Å². The van der Waals surface area contributed by atoms with Crippen LogP contribution in [-0.2, 0) is 11.3 Å². The second-order valence-corrected chi connectivity index (χ2v) is 6.73. The Morgan fingerprint density at radius 3 is 2.22 bits per heavy atom. The quantitative estimate of drug-likeness (QED) is 0.852. The van der Waals surface area contributed by atoms with E-state index in [1.165, 1.54) is 11.3 Å². The molecule has 3 amide bonds. The van der Waals surface area contributed by atoms with Crippen molar-refractivity contribution in [2.75, 3.05) is 37.6 Å². The fourth-order valence-electron chi connectivity index (χ4n) is 3.07. The summed E-state index contributed by atoms with van der Waals surface area (Å²) >= 11 is 0. The first kappa shape index (κ1) is 18.8. The van der Waals surface area contributed by atoms with Gasteiger partial charge in [-0.1, -0.05) is 48.0 Å². The lowest BCUT2D eigenvalue weighted by atomic mass is 10.1. The number of piperazine rings is 1. The average molecular weight is 366 g/mol. The lowest BCUT2D eigenvalue weighted by Crippen LogP contribution is -2.52. The van der Waals surface area contributed by atoms with Gasteiger partial charge in [0.15, 0.2) is 0 Å². The summed E-state index contributed by atoms with van der Waals surface area (Å²) in [5.41, 5.74) is 3.39. The number of anilines is 1. The highest BCUT2D eigenvalue weighted by Gasteiger charge is 2.21. The van der Waals surface area contributed by atoms with Gasteiger partial charge in [0.1, 0.15) is 0 Å². The average Bonchev–Trinajstić information content (AvgIpc) is 2.72. The zero-order chi connectivity index (χ0) is 19.1. The molecule has 1 heterocycles. The Labute approximate surface area is 160 Å². The van der Waals surface area contributed by atoms with Crippen LogP contribution in [0.2, 0.25) is 0 Å². The Bertz CT molecular complexity index is 754. The molecule has 0 bridgehead atoms. The normalized spacial score (nSPS) is 14.0. The van der Waals surface area contributed by atoms with Gasteiger partial charge in [0.2, 0.25) is 5.91 Å². The zero-order valence-corrected chi connectivity index (χ0v) is 15.6. The van der Waals surface area contributed by atoms with Crippen molar-refractivity contribution in [1.29, 1.82) is 0 Å². The fraction of sp³-hybridized carbons (Fsp3) is 0.333. The van der Waals surface area contributed by atoms with Gasteiger partial charge in [-0.15, -0.1) is 0 Å². The summed E-state index contributed by atoms with van der Waals surface area (Å²) in [5.74, 6) is -0.0480. The molecule has 2 N–H and O–H groups in total. The Morgan fingerprint density at radius 2 is 1.56 bits per heavy atom. The number of nitrogens with one attached hydrogen (secondary N) is 2. The highest BCUT2D eigenvalue weighted by Crippen LogP contribution is 2.15. The summed E-state index contributed by atoms with van der Waals surface area (Å²) < 4.78 is 0. The minimum atomic E-state index is -0.327. The molecule has 0 radical (unpaired) electrons. The van der Waals surface area contributed by atoms with Gasteiger partial charge in [-0.05, 0) is 24.6 Å². The maximum absolute atomic E-state index is 12.3. The highest BCUT2D eigenvalue weighted by molar-refractivity contribution is 5.84. The Balaban J connectivity index is 1.37. The molecule has 1 aliphatic heterocycles. The van der Waals surface area contributed by atoms with Crippen LogP contribution in [0.5, 0.6) is 0 Å². The molecule has 142 valence electrons. The second-order valence-electron chi connectivity index (χ2n) is 6.73. The SMILES string of the molecule is Cc1ccc(CNC(=O)NCC(=O)N2CCN(c3ccccc3)CC2)cc1. The number of hydrogen-bond acceptors (Lipinski definition) is 3. The number of amides is 3. The predicted octanol–water partition coefficient (Wildman–Crippen LogP) is 2.14. The molecule has 0 atom stereocenters. The largest absolute Gasteiger partial charge is 0.368 e. The molecule has 2 aromatic rings.